The van der Waals surface area contributed by atoms with Crippen LogP contribution in [0.3, 0.4) is 0 Å². The molecule has 1 N–H and O–H groups in total. The normalized spacial score (nSPS) is 12.3. The number of sulfonamides is 1. The van der Waals surface area contributed by atoms with Gasteiger partial charge in [0.25, 0.3) is 10.0 Å². The van der Waals surface area contributed by atoms with E-state index in [1.165, 1.54) is 9.21 Å². The number of benzene rings is 4. The SMILES string of the molecule is CCc1ccccc1N(CC(=O)N(Cc1cccc(Cl)c1)[C@@H](Cc1ccccc1)C(=O)NC(C)(C)C)S(=O)(=O)c1ccc(C)cc1. The minimum absolute atomic E-state index is 0.0439. The molecule has 4 rings (SSSR count). The third-order valence-electron chi connectivity index (χ3n) is 7.54. The first-order valence-corrected chi connectivity index (χ1v) is 17.2. The molecule has 0 saturated heterocycles. The van der Waals surface area contributed by atoms with Crippen LogP contribution in [0.1, 0.15) is 49.9 Å². The lowest BCUT2D eigenvalue weighted by molar-refractivity contribution is -0.140. The first-order valence-electron chi connectivity index (χ1n) is 15.4. The average Bonchev–Trinajstić information content (AvgIpc) is 3.01. The monoisotopic (exact) mass is 659 g/mol. The van der Waals surface area contributed by atoms with Crippen LogP contribution in [0, 0.1) is 6.92 Å². The van der Waals surface area contributed by atoms with Gasteiger partial charge in [-0.3, -0.25) is 13.9 Å². The number of aryl methyl sites for hydroxylation is 2. The number of anilines is 1. The number of rotatable bonds is 12. The maximum atomic E-state index is 14.7. The second-order valence-electron chi connectivity index (χ2n) is 12.4. The fourth-order valence-electron chi connectivity index (χ4n) is 5.24. The van der Waals surface area contributed by atoms with Gasteiger partial charge in [-0.15, -0.1) is 0 Å². The predicted octanol–water partition coefficient (Wildman–Crippen LogP) is 6.96. The van der Waals surface area contributed by atoms with Crippen molar-refractivity contribution in [1.29, 1.82) is 0 Å². The molecule has 0 unspecified atom stereocenters. The highest BCUT2D eigenvalue weighted by atomic mass is 35.5. The van der Waals surface area contributed by atoms with Crippen LogP contribution in [0.4, 0.5) is 5.69 Å². The van der Waals surface area contributed by atoms with Crippen molar-refractivity contribution in [3.8, 4) is 0 Å². The molecule has 242 valence electrons. The molecule has 0 heterocycles. The molecule has 9 heteroatoms. The predicted molar refractivity (Wildman–Crippen MR) is 185 cm³/mol. The number of nitrogens with zero attached hydrogens (tertiary/aromatic N) is 2. The molecule has 0 bridgehead atoms. The van der Waals surface area contributed by atoms with Crippen LogP contribution in [-0.4, -0.2) is 43.3 Å². The number of hydrogen-bond acceptors (Lipinski definition) is 4. The van der Waals surface area contributed by atoms with Crippen molar-refractivity contribution in [2.45, 2.75) is 70.5 Å². The van der Waals surface area contributed by atoms with Crippen LogP contribution in [0.5, 0.6) is 0 Å². The lowest BCUT2D eigenvalue weighted by atomic mass is 10.0. The van der Waals surface area contributed by atoms with Crippen LogP contribution in [0.15, 0.2) is 108 Å². The molecule has 7 nitrogen and oxygen atoms in total. The van der Waals surface area contributed by atoms with E-state index in [1.807, 2.05) is 83.1 Å². The fraction of sp³-hybridized carbons (Fsp3) is 0.297. The number of nitrogens with one attached hydrogen (secondary N) is 1. The van der Waals surface area contributed by atoms with Gasteiger partial charge in [0.1, 0.15) is 12.6 Å². The molecular weight excluding hydrogens is 618 g/mol. The summed E-state index contributed by atoms with van der Waals surface area (Å²) in [6, 6.07) is 29.4. The van der Waals surface area contributed by atoms with E-state index in [-0.39, 0.29) is 23.8 Å². The van der Waals surface area contributed by atoms with Crippen molar-refractivity contribution in [3.63, 3.8) is 0 Å². The Morgan fingerprint density at radius 1 is 0.848 bits per heavy atom. The smallest absolute Gasteiger partial charge is 0.264 e. The van der Waals surface area contributed by atoms with Crippen molar-refractivity contribution in [2.24, 2.45) is 0 Å². The summed E-state index contributed by atoms with van der Waals surface area (Å²) in [6.07, 6.45) is 0.784. The quantitative estimate of drug-likeness (QED) is 0.178. The van der Waals surface area contributed by atoms with Crippen LogP contribution >= 0.6 is 11.6 Å². The highest BCUT2D eigenvalue weighted by Gasteiger charge is 2.36. The van der Waals surface area contributed by atoms with Gasteiger partial charge in [0.05, 0.1) is 10.6 Å². The van der Waals surface area contributed by atoms with Gasteiger partial charge < -0.3 is 10.2 Å². The van der Waals surface area contributed by atoms with E-state index in [0.29, 0.717) is 22.7 Å². The van der Waals surface area contributed by atoms with Gasteiger partial charge in [-0.25, -0.2) is 8.42 Å². The van der Waals surface area contributed by atoms with E-state index in [1.54, 1.807) is 54.6 Å². The zero-order valence-electron chi connectivity index (χ0n) is 27.0. The lowest BCUT2D eigenvalue weighted by Gasteiger charge is -2.35. The van der Waals surface area contributed by atoms with Crippen LogP contribution in [0.25, 0.3) is 0 Å². The summed E-state index contributed by atoms with van der Waals surface area (Å²) >= 11 is 6.33. The Labute approximate surface area is 278 Å². The molecule has 0 fully saturated rings. The molecule has 2 amide bonds. The van der Waals surface area contributed by atoms with Gasteiger partial charge in [0, 0.05) is 23.5 Å². The van der Waals surface area contributed by atoms with Gasteiger partial charge >= 0.3 is 0 Å². The number of hydrogen-bond donors (Lipinski definition) is 1. The van der Waals surface area contributed by atoms with Crippen LogP contribution < -0.4 is 9.62 Å². The van der Waals surface area contributed by atoms with Crippen molar-refractivity contribution < 1.29 is 18.0 Å². The Morgan fingerprint density at radius 3 is 2.11 bits per heavy atom. The Bertz CT molecular complexity index is 1750. The molecule has 0 saturated carbocycles. The molecule has 0 spiro atoms. The van der Waals surface area contributed by atoms with Crippen molar-refractivity contribution >= 4 is 39.1 Å². The first-order chi connectivity index (χ1) is 21.8. The topological polar surface area (TPSA) is 86.8 Å². The van der Waals surface area contributed by atoms with E-state index in [0.717, 1.165) is 16.7 Å². The zero-order valence-corrected chi connectivity index (χ0v) is 28.6. The Balaban J connectivity index is 1.85. The molecule has 4 aromatic carbocycles. The maximum Gasteiger partial charge on any atom is 0.264 e. The standard InChI is InChI=1S/C37H42ClN3O4S/c1-6-30-16-10-11-18-33(30)41(46(44,45)32-21-19-27(2)20-22-32)26-35(42)40(25-29-15-12-17-31(38)23-29)34(36(43)39-37(3,4)5)24-28-13-8-7-9-14-28/h7-23,34H,6,24-26H2,1-5H3,(H,39,43)/t34-/m0/s1. The molecule has 0 aliphatic rings. The van der Waals surface area contributed by atoms with Gasteiger partial charge in [-0.05, 0) is 81.1 Å². The summed E-state index contributed by atoms with van der Waals surface area (Å²) in [4.78, 5) is 30.2. The number of amides is 2. The van der Waals surface area contributed by atoms with Crippen molar-refractivity contribution in [2.75, 3.05) is 10.8 Å². The zero-order chi connectivity index (χ0) is 33.5. The van der Waals surface area contributed by atoms with Crippen LogP contribution in [0.2, 0.25) is 5.02 Å². The van der Waals surface area contributed by atoms with Gasteiger partial charge in [-0.2, -0.15) is 0 Å². The highest BCUT2D eigenvalue weighted by molar-refractivity contribution is 7.92. The number of carbonyl (C=O) groups is 2. The van der Waals surface area contributed by atoms with Crippen LogP contribution in [-0.2, 0) is 39.0 Å². The summed E-state index contributed by atoms with van der Waals surface area (Å²) < 4.78 is 29.8. The van der Waals surface area contributed by atoms with E-state index < -0.39 is 34.1 Å². The number of halogens is 1. The van der Waals surface area contributed by atoms with Gasteiger partial charge in [-0.1, -0.05) is 96.9 Å². The average molecular weight is 660 g/mol. The van der Waals surface area contributed by atoms with Crippen molar-refractivity contribution in [1.82, 2.24) is 10.2 Å². The molecule has 4 aromatic rings. The second-order valence-corrected chi connectivity index (χ2v) is 14.7. The Morgan fingerprint density at radius 2 is 1.48 bits per heavy atom. The highest BCUT2D eigenvalue weighted by Crippen LogP contribution is 2.29. The second kappa shape index (κ2) is 15.0. The van der Waals surface area contributed by atoms with E-state index >= 15 is 0 Å². The lowest BCUT2D eigenvalue weighted by Crippen LogP contribution is -2.56. The minimum Gasteiger partial charge on any atom is -0.350 e. The van der Waals surface area contributed by atoms with Crippen molar-refractivity contribution in [3.05, 3.63) is 130 Å². The molecule has 0 aliphatic carbocycles. The van der Waals surface area contributed by atoms with E-state index in [2.05, 4.69) is 5.32 Å². The fourth-order valence-corrected chi connectivity index (χ4v) is 6.91. The largest absolute Gasteiger partial charge is 0.350 e. The summed E-state index contributed by atoms with van der Waals surface area (Å²) in [6.45, 7) is 8.99. The molecule has 1 atom stereocenters. The summed E-state index contributed by atoms with van der Waals surface area (Å²) in [5, 5.41) is 3.54. The molecule has 0 aromatic heterocycles. The molecule has 0 radical (unpaired) electrons. The Kier molecular flexibility index (Phi) is 11.3. The number of para-hydroxylation sites is 1. The van der Waals surface area contributed by atoms with E-state index in [4.69, 9.17) is 11.6 Å². The third kappa shape index (κ3) is 8.98. The van der Waals surface area contributed by atoms with Gasteiger partial charge in [0.15, 0.2) is 0 Å². The minimum atomic E-state index is -4.18. The molecular formula is C37H42ClN3O4S. The first kappa shape index (κ1) is 34.7. The van der Waals surface area contributed by atoms with E-state index in [9.17, 15) is 18.0 Å². The van der Waals surface area contributed by atoms with Gasteiger partial charge in [0.2, 0.25) is 11.8 Å². The maximum absolute atomic E-state index is 14.7. The Hall–Kier alpha value is -4.14. The summed E-state index contributed by atoms with van der Waals surface area (Å²) in [5.74, 6) is -0.861. The molecule has 46 heavy (non-hydrogen) atoms. The molecule has 0 aliphatic heterocycles. The summed E-state index contributed by atoms with van der Waals surface area (Å²) in [5.41, 5.74) is 3.11. The number of carbonyl (C=O) groups excluding carboxylic acids is 2. The third-order valence-corrected chi connectivity index (χ3v) is 9.55. The summed E-state index contributed by atoms with van der Waals surface area (Å²) in [7, 11) is -4.18.